The second-order valence-corrected chi connectivity index (χ2v) is 9.47. The largest absolute Gasteiger partial charge is 0.469 e. The molecule has 1 radical (unpaired) electrons. The molecule has 0 aliphatic heterocycles. The first-order valence-electron chi connectivity index (χ1n) is 6.09. The molecule has 0 aliphatic carbocycles. The second-order valence-electron chi connectivity index (χ2n) is 3.46. The molecule has 0 heterocycles. The molecule has 1 aromatic rings. The van der Waals surface area contributed by atoms with Crippen LogP contribution in [0.5, 0.6) is 0 Å². The molecule has 95 valence electrons. The SMILES string of the molecule is CCO[Si](OCC)(OCC)[SiH]c1ccccc1. The molecular formula is C12H21O3Si2. The zero-order valence-electron chi connectivity index (χ0n) is 10.8. The molecule has 17 heavy (non-hydrogen) atoms. The van der Waals surface area contributed by atoms with Crippen molar-refractivity contribution in [2.24, 2.45) is 0 Å². The van der Waals surface area contributed by atoms with Gasteiger partial charge in [-0.05, 0) is 20.8 Å². The monoisotopic (exact) mass is 269 g/mol. The fourth-order valence-corrected chi connectivity index (χ4v) is 8.19. The van der Waals surface area contributed by atoms with Gasteiger partial charge in [0.05, 0.1) is 0 Å². The van der Waals surface area contributed by atoms with Gasteiger partial charge in [-0.3, -0.25) is 0 Å². The molecular weight excluding hydrogens is 248 g/mol. The van der Waals surface area contributed by atoms with Crippen molar-refractivity contribution in [2.75, 3.05) is 19.8 Å². The highest BCUT2D eigenvalue weighted by Crippen LogP contribution is 2.08. The van der Waals surface area contributed by atoms with Gasteiger partial charge in [0.25, 0.3) is 0 Å². The van der Waals surface area contributed by atoms with Gasteiger partial charge in [0.1, 0.15) is 0 Å². The van der Waals surface area contributed by atoms with Crippen LogP contribution in [0.3, 0.4) is 0 Å². The zero-order valence-corrected chi connectivity index (χ0v) is 13.0. The molecule has 0 bridgehead atoms. The first-order chi connectivity index (χ1) is 8.26. The predicted molar refractivity (Wildman–Crippen MR) is 73.9 cm³/mol. The maximum absolute atomic E-state index is 5.85. The molecule has 5 heteroatoms. The average molecular weight is 269 g/mol. The first-order valence-corrected chi connectivity index (χ1v) is 10.2. The molecule has 1 rings (SSSR count). The van der Waals surface area contributed by atoms with Gasteiger partial charge in [-0.1, -0.05) is 35.5 Å². The van der Waals surface area contributed by atoms with Crippen LogP contribution in [-0.2, 0) is 13.3 Å². The normalized spacial score (nSPS) is 11.7. The lowest BCUT2D eigenvalue weighted by atomic mass is 10.4. The molecule has 0 amide bonds. The summed E-state index contributed by atoms with van der Waals surface area (Å²) in [5.74, 6) is 0. The highest BCUT2D eigenvalue weighted by Gasteiger charge is 2.40. The summed E-state index contributed by atoms with van der Waals surface area (Å²) in [6, 6.07) is 10.4. The molecule has 0 fully saturated rings. The van der Waals surface area contributed by atoms with E-state index in [4.69, 9.17) is 13.3 Å². The number of hydrogen-bond donors (Lipinski definition) is 0. The highest BCUT2D eigenvalue weighted by atomic mass is 29.2. The Bertz CT molecular complexity index is 289. The Labute approximate surface area is 107 Å². The van der Waals surface area contributed by atoms with Crippen molar-refractivity contribution in [2.45, 2.75) is 20.8 Å². The topological polar surface area (TPSA) is 27.7 Å². The molecule has 0 aromatic heterocycles. The summed E-state index contributed by atoms with van der Waals surface area (Å²) in [4.78, 5) is 0. The summed E-state index contributed by atoms with van der Waals surface area (Å²) in [7, 11) is -2.56. The van der Waals surface area contributed by atoms with E-state index in [1.54, 1.807) is 0 Å². The summed E-state index contributed by atoms with van der Waals surface area (Å²) >= 11 is 0. The maximum atomic E-state index is 5.85. The van der Waals surface area contributed by atoms with Crippen molar-refractivity contribution in [1.82, 2.24) is 0 Å². The van der Waals surface area contributed by atoms with E-state index >= 15 is 0 Å². The summed E-state index contributed by atoms with van der Waals surface area (Å²) in [5, 5.41) is 1.29. The minimum absolute atomic E-state index is 0.103. The van der Waals surface area contributed by atoms with E-state index in [-0.39, 0.29) is 9.04 Å². The quantitative estimate of drug-likeness (QED) is 0.666. The lowest BCUT2D eigenvalue weighted by Crippen LogP contribution is -2.56. The van der Waals surface area contributed by atoms with Crippen LogP contribution in [0, 0.1) is 0 Å². The van der Waals surface area contributed by atoms with Crippen LogP contribution in [0.4, 0.5) is 0 Å². The molecule has 0 saturated heterocycles. The smallest absolute Gasteiger partial charge is 0.377 e. The molecule has 1 aromatic carbocycles. The van der Waals surface area contributed by atoms with E-state index in [2.05, 4.69) is 12.1 Å². The van der Waals surface area contributed by atoms with Gasteiger partial charge in [-0.25, -0.2) is 0 Å². The fourth-order valence-electron chi connectivity index (χ4n) is 1.61. The van der Waals surface area contributed by atoms with Gasteiger partial charge in [-0.15, -0.1) is 0 Å². The van der Waals surface area contributed by atoms with E-state index in [0.29, 0.717) is 19.8 Å². The lowest BCUT2D eigenvalue weighted by molar-refractivity contribution is 0.0934. The van der Waals surface area contributed by atoms with Gasteiger partial charge in [-0.2, -0.15) is 0 Å². The molecule has 0 N–H and O–H groups in total. The van der Waals surface area contributed by atoms with Crippen molar-refractivity contribution in [3.63, 3.8) is 0 Å². The van der Waals surface area contributed by atoms with Crippen LogP contribution < -0.4 is 5.19 Å². The summed E-state index contributed by atoms with van der Waals surface area (Å²) < 4.78 is 17.5. The Hall–Kier alpha value is -0.466. The van der Waals surface area contributed by atoms with E-state index < -0.39 is 8.32 Å². The maximum Gasteiger partial charge on any atom is 0.469 e. The molecule has 0 saturated carbocycles. The Balaban J connectivity index is 2.80. The molecule has 0 atom stereocenters. The Morgan fingerprint density at radius 3 is 1.76 bits per heavy atom. The number of rotatable bonds is 8. The van der Waals surface area contributed by atoms with Crippen LogP contribution in [0.25, 0.3) is 0 Å². The molecule has 0 spiro atoms. The van der Waals surface area contributed by atoms with Gasteiger partial charge in [0.2, 0.25) is 0 Å². The molecule has 0 unspecified atom stereocenters. The van der Waals surface area contributed by atoms with Crippen LogP contribution in [0.15, 0.2) is 30.3 Å². The molecule has 3 nitrogen and oxygen atoms in total. The van der Waals surface area contributed by atoms with E-state index in [1.807, 2.05) is 39.0 Å². The van der Waals surface area contributed by atoms with Crippen LogP contribution in [0.1, 0.15) is 20.8 Å². The van der Waals surface area contributed by atoms with Crippen molar-refractivity contribution in [3.8, 4) is 0 Å². The number of benzene rings is 1. The van der Waals surface area contributed by atoms with E-state index in [0.717, 1.165) is 0 Å². The predicted octanol–water partition coefficient (Wildman–Crippen LogP) is 1.29. The Morgan fingerprint density at radius 1 is 0.882 bits per heavy atom. The van der Waals surface area contributed by atoms with Crippen molar-refractivity contribution in [3.05, 3.63) is 30.3 Å². The minimum atomic E-state index is -2.45. The highest BCUT2D eigenvalue weighted by molar-refractivity contribution is 7.19. The van der Waals surface area contributed by atoms with Gasteiger partial charge in [0, 0.05) is 19.8 Å². The Morgan fingerprint density at radius 2 is 1.35 bits per heavy atom. The van der Waals surface area contributed by atoms with Crippen LogP contribution >= 0.6 is 0 Å². The summed E-state index contributed by atoms with van der Waals surface area (Å²) in [6.45, 7) is 7.91. The zero-order chi connectivity index (χ0) is 12.6. The third-order valence-electron chi connectivity index (χ3n) is 2.18. The number of hydrogen-bond acceptors (Lipinski definition) is 3. The van der Waals surface area contributed by atoms with Gasteiger partial charge >= 0.3 is 8.32 Å². The third-order valence-corrected chi connectivity index (χ3v) is 8.89. The van der Waals surface area contributed by atoms with Crippen LogP contribution in [0.2, 0.25) is 0 Å². The van der Waals surface area contributed by atoms with E-state index in [9.17, 15) is 0 Å². The lowest BCUT2D eigenvalue weighted by Gasteiger charge is -2.28. The van der Waals surface area contributed by atoms with Gasteiger partial charge in [0.15, 0.2) is 9.04 Å². The average Bonchev–Trinajstić information content (AvgIpc) is 2.31. The first kappa shape index (κ1) is 14.6. The van der Waals surface area contributed by atoms with Crippen molar-refractivity contribution in [1.29, 1.82) is 0 Å². The van der Waals surface area contributed by atoms with E-state index in [1.165, 1.54) is 5.19 Å². The molecule has 0 aliphatic rings. The van der Waals surface area contributed by atoms with Crippen molar-refractivity contribution >= 4 is 22.5 Å². The van der Waals surface area contributed by atoms with Gasteiger partial charge < -0.3 is 13.3 Å². The fraction of sp³-hybridized carbons (Fsp3) is 0.500. The van der Waals surface area contributed by atoms with Crippen LogP contribution in [-0.4, -0.2) is 37.2 Å². The third kappa shape index (κ3) is 4.73. The standard InChI is InChI=1S/C12H21O3Si2/c1-4-13-17(14-5-2,15-6-3)16-12-10-8-7-9-11-12/h7-11,16H,4-6H2,1-3H3. The summed E-state index contributed by atoms with van der Waals surface area (Å²) in [5.41, 5.74) is 0. The minimum Gasteiger partial charge on any atom is -0.377 e. The Kier molecular flexibility index (Phi) is 6.68. The van der Waals surface area contributed by atoms with Crippen molar-refractivity contribution < 1.29 is 13.3 Å². The summed E-state index contributed by atoms with van der Waals surface area (Å²) in [6.07, 6.45) is 0. The second kappa shape index (κ2) is 7.78.